The molecule has 0 atom stereocenters. The van der Waals surface area contributed by atoms with Crippen LogP contribution in [0, 0.1) is 5.41 Å². The standard InChI is InChI=1S/C32H41N5O4S/c1-6-37-27-12-11-25(20-28(27)36(5)30(39)32(2,3)31(37)40)41-17-7-9-24-19-23(13-14-34-24)22-33-15-16-35(4)29(38)21-26-10-8-18-42-26/h8,10-14,18-20,33H,6-7,9,15-17,21-22H2,1-5H3. The van der Waals surface area contributed by atoms with Crippen molar-refractivity contribution in [3.05, 3.63) is 70.2 Å². The SMILES string of the molecule is CCN1C(=O)C(C)(C)C(=O)N(C)c2cc(OCCCc3cc(CNCCN(C)C(=O)Cc4cccs4)ccn3)ccc21. The van der Waals surface area contributed by atoms with E-state index >= 15 is 0 Å². The molecule has 42 heavy (non-hydrogen) atoms. The van der Waals surface area contributed by atoms with Crippen molar-refractivity contribution in [3.63, 3.8) is 0 Å². The zero-order chi connectivity index (χ0) is 30.3. The highest BCUT2D eigenvalue weighted by Crippen LogP contribution is 2.40. The van der Waals surface area contributed by atoms with Gasteiger partial charge in [0.15, 0.2) is 0 Å². The van der Waals surface area contributed by atoms with Gasteiger partial charge in [-0.05, 0) is 74.9 Å². The van der Waals surface area contributed by atoms with Crippen LogP contribution in [0.2, 0.25) is 0 Å². The lowest BCUT2D eigenvalue weighted by Gasteiger charge is -2.27. The first-order valence-electron chi connectivity index (χ1n) is 14.4. The van der Waals surface area contributed by atoms with Crippen LogP contribution in [0.4, 0.5) is 11.4 Å². The monoisotopic (exact) mass is 591 g/mol. The summed E-state index contributed by atoms with van der Waals surface area (Å²) in [6.07, 6.45) is 3.82. The number of rotatable bonds is 13. The van der Waals surface area contributed by atoms with Gasteiger partial charge in [-0.2, -0.15) is 0 Å². The third-order valence-electron chi connectivity index (χ3n) is 7.55. The van der Waals surface area contributed by atoms with Gasteiger partial charge < -0.3 is 24.8 Å². The Labute approximate surface area is 252 Å². The van der Waals surface area contributed by atoms with Crippen molar-refractivity contribution >= 4 is 40.4 Å². The van der Waals surface area contributed by atoms with Crippen LogP contribution in [0.3, 0.4) is 0 Å². The van der Waals surface area contributed by atoms with E-state index in [1.807, 2.05) is 61.9 Å². The first-order valence-corrected chi connectivity index (χ1v) is 15.3. The summed E-state index contributed by atoms with van der Waals surface area (Å²) in [6, 6.07) is 13.6. The molecule has 3 heterocycles. The predicted octanol–water partition coefficient (Wildman–Crippen LogP) is 4.30. The van der Waals surface area contributed by atoms with E-state index in [1.165, 1.54) is 0 Å². The number of amides is 3. The minimum absolute atomic E-state index is 0.126. The van der Waals surface area contributed by atoms with Gasteiger partial charge in [0.2, 0.25) is 17.7 Å². The number of hydrogen-bond acceptors (Lipinski definition) is 7. The van der Waals surface area contributed by atoms with E-state index < -0.39 is 5.41 Å². The van der Waals surface area contributed by atoms with E-state index in [4.69, 9.17) is 4.74 Å². The van der Waals surface area contributed by atoms with Gasteiger partial charge in [0, 0.05) is 63.1 Å². The number of fused-ring (bicyclic) bond motifs is 1. The minimum Gasteiger partial charge on any atom is -0.494 e. The lowest BCUT2D eigenvalue weighted by atomic mass is 9.90. The highest BCUT2D eigenvalue weighted by atomic mass is 32.1. The molecule has 0 spiro atoms. The molecule has 3 amide bonds. The molecule has 0 bridgehead atoms. The number of ether oxygens (including phenoxy) is 1. The Balaban J connectivity index is 1.23. The van der Waals surface area contributed by atoms with E-state index in [0.29, 0.717) is 56.3 Å². The number of likely N-dealkylation sites (N-methyl/N-ethyl adjacent to an activating group) is 1. The van der Waals surface area contributed by atoms with Crippen LogP contribution < -0.4 is 19.9 Å². The summed E-state index contributed by atoms with van der Waals surface area (Å²) < 4.78 is 6.04. The van der Waals surface area contributed by atoms with Gasteiger partial charge in [-0.1, -0.05) is 6.07 Å². The van der Waals surface area contributed by atoms with Gasteiger partial charge in [0.25, 0.3) is 0 Å². The van der Waals surface area contributed by atoms with Crippen molar-refractivity contribution < 1.29 is 19.1 Å². The fourth-order valence-electron chi connectivity index (χ4n) is 4.99. The second-order valence-electron chi connectivity index (χ2n) is 11.0. The molecule has 0 radical (unpaired) electrons. The molecule has 4 rings (SSSR count). The van der Waals surface area contributed by atoms with Gasteiger partial charge in [-0.25, -0.2) is 0 Å². The average Bonchev–Trinajstić information content (AvgIpc) is 3.49. The molecule has 9 nitrogen and oxygen atoms in total. The maximum Gasteiger partial charge on any atom is 0.242 e. The number of nitrogens with zero attached hydrogens (tertiary/aromatic N) is 4. The van der Waals surface area contributed by atoms with Crippen LogP contribution >= 0.6 is 11.3 Å². The number of pyridine rings is 1. The summed E-state index contributed by atoms with van der Waals surface area (Å²) in [6.45, 7) is 8.29. The normalized spacial score (nSPS) is 14.5. The molecule has 3 aromatic rings. The molecule has 0 saturated carbocycles. The van der Waals surface area contributed by atoms with Crippen LogP contribution in [0.1, 0.15) is 43.3 Å². The molecular formula is C32H41N5O4S. The Kier molecular flexibility index (Phi) is 10.3. The van der Waals surface area contributed by atoms with Gasteiger partial charge in [-0.3, -0.25) is 19.4 Å². The number of carbonyl (C=O) groups excluding carboxylic acids is 3. The number of hydrogen-bond donors (Lipinski definition) is 1. The van der Waals surface area contributed by atoms with Crippen molar-refractivity contribution in [2.75, 3.05) is 50.1 Å². The second-order valence-corrected chi connectivity index (χ2v) is 12.1. The van der Waals surface area contributed by atoms with Crippen LogP contribution in [0.15, 0.2) is 54.0 Å². The maximum absolute atomic E-state index is 13.1. The number of aromatic nitrogens is 1. The summed E-state index contributed by atoms with van der Waals surface area (Å²) in [4.78, 5) is 49.1. The smallest absolute Gasteiger partial charge is 0.242 e. The molecule has 224 valence electrons. The van der Waals surface area contributed by atoms with Crippen molar-refractivity contribution in [2.24, 2.45) is 5.41 Å². The Morgan fingerprint density at radius 3 is 2.67 bits per heavy atom. The second kappa shape index (κ2) is 13.9. The molecule has 0 fully saturated rings. The van der Waals surface area contributed by atoms with Crippen molar-refractivity contribution in [1.29, 1.82) is 0 Å². The fraction of sp³-hybridized carbons (Fsp3) is 0.438. The maximum atomic E-state index is 13.1. The summed E-state index contributed by atoms with van der Waals surface area (Å²) in [5.41, 5.74) is 2.37. The van der Waals surface area contributed by atoms with Crippen molar-refractivity contribution in [1.82, 2.24) is 15.2 Å². The lowest BCUT2D eigenvalue weighted by molar-refractivity contribution is -0.137. The van der Waals surface area contributed by atoms with E-state index in [2.05, 4.69) is 16.4 Å². The first kappa shape index (κ1) is 31.2. The van der Waals surface area contributed by atoms with Crippen LogP contribution in [0.25, 0.3) is 0 Å². The molecule has 0 saturated heterocycles. The minimum atomic E-state index is -1.14. The molecule has 0 unspecified atom stereocenters. The number of aryl methyl sites for hydroxylation is 1. The van der Waals surface area contributed by atoms with Crippen LogP contribution in [0.5, 0.6) is 5.75 Å². The number of carbonyl (C=O) groups is 3. The third kappa shape index (κ3) is 7.35. The lowest BCUT2D eigenvalue weighted by Crippen LogP contribution is -2.47. The molecule has 1 aliphatic rings. The quantitative estimate of drug-likeness (QED) is 0.235. The van der Waals surface area contributed by atoms with E-state index in [9.17, 15) is 14.4 Å². The van der Waals surface area contributed by atoms with Gasteiger partial charge in [-0.15, -0.1) is 11.3 Å². The highest BCUT2D eigenvalue weighted by Gasteiger charge is 2.45. The molecule has 1 N–H and O–H groups in total. The average molecular weight is 592 g/mol. The summed E-state index contributed by atoms with van der Waals surface area (Å²) in [5, 5.41) is 5.41. The Morgan fingerprint density at radius 2 is 1.93 bits per heavy atom. The fourth-order valence-corrected chi connectivity index (χ4v) is 5.69. The predicted molar refractivity (Wildman–Crippen MR) is 167 cm³/mol. The number of nitrogens with one attached hydrogen (secondary N) is 1. The summed E-state index contributed by atoms with van der Waals surface area (Å²) in [5.74, 6) is 0.339. The van der Waals surface area contributed by atoms with E-state index in [0.717, 1.165) is 29.0 Å². The van der Waals surface area contributed by atoms with Crippen LogP contribution in [-0.4, -0.2) is 67.9 Å². The molecule has 10 heteroatoms. The van der Waals surface area contributed by atoms with Gasteiger partial charge in [0.1, 0.15) is 11.2 Å². The zero-order valence-electron chi connectivity index (χ0n) is 25.2. The van der Waals surface area contributed by atoms with Crippen molar-refractivity contribution in [3.8, 4) is 5.75 Å². The third-order valence-corrected chi connectivity index (χ3v) is 8.42. The molecule has 1 aliphatic heterocycles. The Bertz CT molecular complexity index is 1390. The topological polar surface area (TPSA) is 95.1 Å². The molecule has 1 aromatic carbocycles. The van der Waals surface area contributed by atoms with E-state index in [1.54, 1.807) is 46.9 Å². The highest BCUT2D eigenvalue weighted by molar-refractivity contribution is 7.10. The summed E-state index contributed by atoms with van der Waals surface area (Å²) in [7, 11) is 3.55. The van der Waals surface area contributed by atoms with Crippen LogP contribution in [-0.2, 0) is 33.8 Å². The number of benzene rings is 1. The number of thiophene rings is 1. The number of anilines is 2. The summed E-state index contributed by atoms with van der Waals surface area (Å²) >= 11 is 1.61. The van der Waals surface area contributed by atoms with E-state index in [-0.39, 0.29) is 17.7 Å². The Morgan fingerprint density at radius 1 is 1.12 bits per heavy atom. The van der Waals surface area contributed by atoms with Gasteiger partial charge in [0.05, 0.1) is 24.4 Å². The molecule has 2 aromatic heterocycles. The first-order chi connectivity index (χ1) is 20.1. The Hall–Kier alpha value is -3.76. The molecular weight excluding hydrogens is 550 g/mol. The largest absolute Gasteiger partial charge is 0.494 e. The molecule has 0 aliphatic carbocycles. The van der Waals surface area contributed by atoms with Crippen molar-refractivity contribution in [2.45, 2.75) is 46.6 Å². The van der Waals surface area contributed by atoms with Gasteiger partial charge >= 0.3 is 0 Å². The zero-order valence-corrected chi connectivity index (χ0v) is 26.0.